The van der Waals surface area contributed by atoms with Crippen LogP contribution in [0.15, 0.2) is 60.8 Å². The lowest BCUT2D eigenvalue weighted by Crippen LogP contribution is -2.35. The van der Waals surface area contributed by atoms with E-state index in [1.807, 2.05) is 53.3 Å². The van der Waals surface area contributed by atoms with Crippen molar-refractivity contribution in [1.29, 1.82) is 0 Å². The van der Waals surface area contributed by atoms with Crippen molar-refractivity contribution in [2.75, 3.05) is 23.3 Å². The van der Waals surface area contributed by atoms with E-state index in [2.05, 4.69) is 41.3 Å². The van der Waals surface area contributed by atoms with Gasteiger partial charge in [-0.05, 0) is 49.4 Å². The van der Waals surface area contributed by atoms with E-state index in [0.717, 1.165) is 47.3 Å². The van der Waals surface area contributed by atoms with E-state index in [9.17, 15) is 0 Å². The van der Waals surface area contributed by atoms with Crippen molar-refractivity contribution in [2.45, 2.75) is 26.7 Å². The monoisotopic (exact) mass is 398 g/mol. The SMILES string of the molecule is Cc1ccccc1Nc1nc(N2CCCC(C)C2)nc2c1cnn2-c1ccccc1. The average Bonchev–Trinajstić information content (AvgIpc) is 3.20. The number of benzene rings is 2. The number of fused-ring (bicyclic) bond motifs is 1. The van der Waals surface area contributed by atoms with Gasteiger partial charge >= 0.3 is 0 Å². The summed E-state index contributed by atoms with van der Waals surface area (Å²) in [5.41, 5.74) is 4.03. The van der Waals surface area contributed by atoms with Crippen molar-refractivity contribution in [2.24, 2.45) is 5.92 Å². The molecule has 0 aliphatic carbocycles. The molecule has 2 aromatic carbocycles. The van der Waals surface area contributed by atoms with Gasteiger partial charge < -0.3 is 10.2 Å². The van der Waals surface area contributed by atoms with Crippen LogP contribution in [0, 0.1) is 12.8 Å². The molecule has 1 aliphatic rings. The van der Waals surface area contributed by atoms with Crippen LogP contribution in [-0.2, 0) is 0 Å². The summed E-state index contributed by atoms with van der Waals surface area (Å²) in [6.07, 6.45) is 4.28. The number of aromatic nitrogens is 4. The fourth-order valence-corrected chi connectivity index (χ4v) is 4.10. The van der Waals surface area contributed by atoms with Crippen molar-refractivity contribution in [3.63, 3.8) is 0 Å². The van der Waals surface area contributed by atoms with Crippen LogP contribution in [0.3, 0.4) is 0 Å². The number of piperidine rings is 1. The molecular weight excluding hydrogens is 372 g/mol. The largest absolute Gasteiger partial charge is 0.340 e. The van der Waals surface area contributed by atoms with Gasteiger partial charge in [-0.2, -0.15) is 15.1 Å². The molecule has 0 amide bonds. The Labute approximate surface area is 176 Å². The molecule has 6 heteroatoms. The maximum Gasteiger partial charge on any atom is 0.229 e. The highest BCUT2D eigenvalue weighted by Gasteiger charge is 2.22. The summed E-state index contributed by atoms with van der Waals surface area (Å²) >= 11 is 0. The number of hydrogen-bond donors (Lipinski definition) is 1. The van der Waals surface area contributed by atoms with Gasteiger partial charge in [-0.3, -0.25) is 0 Å². The predicted molar refractivity (Wildman–Crippen MR) is 122 cm³/mol. The molecule has 0 saturated carbocycles. The highest BCUT2D eigenvalue weighted by Crippen LogP contribution is 2.30. The first-order valence-electron chi connectivity index (χ1n) is 10.6. The molecule has 1 saturated heterocycles. The Balaban J connectivity index is 1.65. The van der Waals surface area contributed by atoms with Crippen molar-refractivity contribution in [3.05, 3.63) is 66.4 Å². The van der Waals surface area contributed by atoms with Crippen LogP contribution in [-0.4, -0.2) is 32.8 Å². The number of aryl methyl sites for hydroxylation is 1. The summed E-state index contributed by atoms with van der Waals surface area (Å²) < 4.78 is 1.90. The number of nitrogens with zero attached hydrogens (tertiary/aromatic N) is 5. The molecule has 1 N–H and O–H groups in total. The first kappa shape index (κ1) is 18.6. The minimum atomic E-state index is 0.643. The van der Waals surface area contributed by atoms with Crippen molar-refractivity contribution < 1.29 is 0 Å². The van der Waals surface area contributed by atoms with Crippen LogP contribution in [0.4, 0.5) is 17.5 Å². The lowest BCUT2D eigenvalue weighted by molar-refractivity contribution is 0.442. The minimum Gasteiger partial charge on any atom is -0.340 e. The zero-order chi connectivity index (χ0) is 20.5. The molecule has 0 bridgehead atoms. The highest BCUT2D eigenvalue weighted by atomic mass is 15.3. The van der Waals surface area contributed by atoms with E-state index >= 15 is 0 Å². The van der Waals surface area contributed by atoms with E-state index in [4.69, 9.17) is 9.97 Å². The topological polar surface area (TPSA) is 58.9 Å². The third kappa shape index (κ3) is 3.49. The fraction of sp³-hybridized carbons (Fsp3) is 0.292. The Hall–Kier alpha value is -3.41. The fourth-order valence-electron chi connectivity index (χ4n) is 4.10. The van der Waals surface area contributed by atoms with Crippen molar-refractivity contribution in [3.8, 4) is 5.69 Å². The molecule has 3 heterocycles. The molecular formula is C24H26N6. The smallest absolute Gasteiger partial charge is 0.229 e. The van der Waals surface area contributed by atoms with Crippen LogP contribution >= 0.6 is 0 Å². The summed E-state index contributed by atoms with van der Waals surface area (Å²) in [5, 5.41) is 9.10. The standard InChI is InChI=1S/C24H26N6/c1-17-9-8-14-29(16-17)24-27-22(26-21-13-7-6-10-18(21)2)20-15-25-30(23(20)28-24)19-11-4-3-5-12-19/h3-7,10-13,15,17H,8-9,14,16H2,1-2H3,(H,26,27,28). The minimum absolute atomic E-state index is 0.643. The average molecular weight is 399 g/mol. The second-order valence-corrected chi connectivity index (χ2v) is 8.13. The molecule has 6 nitrogen and oxygen atoms in total. The molecule has 0 spiro atoms. The number of rotatable bonds is 4. The zero-order valence-electron chi connectivity index (χ0n) is 17.4. The molecule has 152 valence electrons. The maximum absolute atomic E-state index is 4.97. The molecule has 0 radical (unpaired) electrons. The maximum atomic E-state index is 4.97. The lowest BCUT2D eigenvalue weighted by atomic mass is 10.0. The van der Waals surface area contributed by atoms with E-state index in [0.29, 0.717) is 5.92 Å². The molecule has 5 rings (SSSR count). The van der Waals surface area contributed by atoms with Gasteiger partial charge in [0.05, 0.1) is 17.3 Å². The Kier molecular flexibility index (Phi) is 4.83. The van der Waals surface area contributed by atoms with Crippen LogP contribution in [0.25, 0.3) is 16.7 Å². The first-order chi connectivity index (χ1) is 14.7. The number of hydrogen-bond acceptors (Lipinski definition) is 5. The summed E-state index contributed by atoms with van der Waals surface area (Å²) in [7, 11) is 0. The van der Waals surface area contributed by atoms with E-state index in [1.165, 1.54) is 18.4 Å². The normalized spacial score (nSPS) is 16.7. The third-order valence-electron chi connectivity index (χ3n) is 5.76. The van der Waals surface area contributed by atoms with Crippen molar-refractivity contribution >= 4 is 28.5 Å². The molecule has 1 aliphatic heterocycles. The first-order valence-corrected chi connectivity index (χ1v) is 10.6. The molecule has 1 fully saturated rings. The van der Waals surface area contributed by atoms with Crippen molar-refractivity contribution in [1.82, 2.24) is 19.7 Å². The predicted octanol–water partition coefficient (Wildman–Crippen LogP) is 5.10. The quantitative estimate of drug-likeness (QED) is 0.518. The summed E-state index contributed by atoms with van der Waals surface area (Å²) in [6, 6.07) is 18.4. The zero-order valence-corrected chi connectivity index (χ0v) is 17.4. The van der Waals surface area contributed by atoms with Crippen LogP contribution in [0.2, 0.25) is 0 Å². The molecule has 1 atom stereocenters. The van der Waals surface area contributed by atoms with Gasteiger partial charge in [-0.1, -0.05) is 43.3 Å². The summed E-state index contributed by atoms with van der Waals surface area (Å²) in [5.74, 6) is 2.21. The Bertz CT molecular complexity index is 1170. The Morgan fingerprint density at radius 1 is 1.00 bits per heavy atom. The second-order valence-electron chi connectivity index (χ2n) is 8.13. The van der Waals surface area contributed by atoms with Gasteiger partial charge in [0.2, 0.25) is 5.95 Å². The highest BCUT2D eigenvalue weighted by molar-refractivity contribution is 5.90. The van der Waals surface area contributed by atoms with Gasteiger partial charge in [0, 0.05) is 18.8 Å². The van der Waals surface area contributed by atoms with E-state index < -0.39 is 0 Å². The van der Waals surface area contributed by atoms with E-state index in [-0.39, 0.29) is 0 Å². The molecule has 1 unspecified atom stereocenters. The van der Waals surface area contributed by atoms with Gasteiger partial charge in [-0.15, -0.1) is 0 Å². The van der Waals surface area contributed by atoms with Gasteiger partial charge in [0.1, 0.15) is 5.82 Å². The summed E-state index contributed by atoms with van der Waals surface area (Å²) in [4.78, 5) is 12.2. The van der Waals surface area contributed by atoms with Crippen LogP contribution in [0.5, 0.6) is 0 Å². The molecule has 30 heavy (non-hydrogen) atoms. The van der Waals surface area contributed by atoms with Crippen LogP contribution in [0.1, 0.15) is 25.3 Å². The van der Waals surface area contributed by atoms with E-state index in [1.54, 1.807) is 0 Å². The summed E-state index contributed by atoms with van der Waals surface area (Å²) in [6.45, 7) is 6.36. The number of anilines is 3. The Morgan fingerprint density at radius 3 is 2.60 bits per heavy atom. The van der Waals surface area contributed by atoms with Gasteiger partial charge in [0.15, 0.2) is 5.65 Å². The van der Waals surface area contributed by atoms with Crippen LogP contribution < -0.4 is 10.2 Å². The van der Waals surface area contributed by atoms with Gasteiger partial charge in [0.25, 0.3) is 0 Å². The molecule has 2 aromatic heterocycles. The van der Waals surface area contributed by atoms with Gasteiger partial charge in [-0.25, -0.2) is 4.68 Å². The number of para-hydroxylation sites is 2. The Morgan fingerprint density at radius 2 is 1.80 bits per heavy atom. The second kappa shape index (κ2) is 7.78. The third-order valence-corrected chi connectivity index (χ3v) is 5.76. The lowest BCUT2D eigenvalue weighted by Gasteiger charge is -2.31. The molecule has 4 aromatic rings. The number of nitrogens with one attached hydrogen (secondary N) is 1.